The van der Waals surface area contributed by atoms with E-state index in [1.54, 1.807) is 7.11 Å². The standard InChI is InChI=1S/C12H18ClNO2/c1-9(14)7-10-8-11(13)3-4-12(10)16-6-5-15-2/h3-4,8-9H,5-7,14H2,1-2H3. The summed E-state index contributed by atoms with van der Waals surface area (Å²) >= 11 is 5.94. The monoisotopic (exact) mass is 243 g/mol. The van der Waals surface area contributed by atoms with Crippen molar-refractivity contribution < 1.29 is 9.47 Å². The number of nitrogens with two attached hydrogens (primary N) is 1. The molecule has 1 aromatic carbocycles. The Hall–Kier alpha value is -0.770. The van der Waals surface area contributed by atoms with Crippen LogP contribution in [-0.2, 0) is 11.2 Å². The van der Waals surface area contributed by atoms with Gasteiger partial charge in [-0.3, -0.25) is 0 Å². The van der Waals surface area contributed by atoms with Gasteiger partial charge in [-0.25, -0.2) is 0 Å². The normalized spacial score (nSPS) is 12.5. The van der Waals surface area contributed by atoms with Crippen LogP contribution in [0.1, 0.15) is 12.5 Å². The number of halogens is 1. The minimum Gasteiger partial charge on any atom is -0.491 e. The molecule has 4 heteroatoms. The van der Waals surface area contributed by atoms with E-state index in [0.717, 1.165) is 17.7 Å². The molecule has 0 aromatic heterocycles. The summed E-state index contributed by atoms with van der Waals surface area (Å²) in [6.45, 7) is 3.06. The van der Waals surface area contributed by atoms with Gasteiger partial charge >= 0.3 is 0 Å². The summed E-state index contributed by atoms with van der Waals surface area (Å²) in [5.74, 6) is 0.832. The van der Waals surface area contributed by atoms with Crippen molar-refractivity contribution in [3.8, 4) is 5.75 Å². The zero-order valence-electron chi connectivity index (χ0n) is 9.70. The molecule has 16 heavy (non-hydrogen) atoms. The Morgan fingerprint density at radius 1 is 1.38 bits per heavy atom. The van der Waals surface area contributed by atoms with Crippen LogP contribution < -0.4 is 10.5 Å². The molecule has 0 aliphatic rings. The highest BCUT2D eigenvalue weighted by molar-refractivity contribution is 6.30. The summed E-state index contributed by atoms with van der Waals surface area (Å²) in [6.07, 6.45) is 0.753. The Morgan fingerprint density at radius 3 is 2.75 bits per heavy atom. The summed E-state index contributed by atoms with van der Waals surface area (Å²) in [6, 6.07) is 5.67. The molecule has 0 aliphatic carbocycles. The van der Waals surface area contributed by atoms with Gasteiger partial charge in [0.1, 0.15) is 12.4 Å². The summed E-state index contributed by atoms with van der Waals surface area (Å²) in [5, 5.41) is 0.703. The molecule has 0 radical (unpaired) electrons. The van der Waals surface area contributed by atoms with Gasteiger partial charge in [0.15, 0.2) is 0 Å². The molecule has 0 fully saturated rings. The molecule has 3 nitrogen and oxygen atoms in total. The van der Waals surface area contributed by atoms with E-state index in [4.69, 9.17) is 26.8 Å². The van der Waals surface area contributed by atoms with Crippen molar-refractivity contribution in [3.63, 3.8) is 0 Å². The van der Waals surface area contributed by atoms with Crippen LogP contribution in [-0.4, -0.2) is 26.4 Å². The number of ether oxygens (including phenoxy) is 2. The molecule has 1 aromatic rings. The summed E-state index contributed by atoms with van der Waals surface area (Å²) in [4.78, 5) is 0. The Labute approximate surface area is 101 Å². The first-order chi connectivity index (χ1) is 7.63. The molecule has 0 spiro atoms. The first-order valence-corrected chi connectivity index (χ1v) is 5.67. The van der Waals surface area contributed by atoms with E-state index < -0.39 is 0 Å². The van der Waals surface area contributed by atoms with Gasteiger partial charge in [0, 0.05) is 18.2 Å². The topological polar surface area (TPSA) is 44.5 Å². The fraction of sp³-hybridized carbons (Fsp3) is 0.500. The molecule has 0 heterocycles. The van der Waals surface area contributed by atoms with Gasteiger partial charge in [0.2, 0.25) is 0 Å². The van der Waals surface area contributed by atoms with Crippen LogP contribution >= 0.6 is 11.6 Å². The van der Waals surface area contributed by atoms with E-state index in [2.05, 4.69) is 0 Å². The van der Waals surface area contributed by atoms with Crippen LogP contribution in [0.3, 0.4) is 0 Å². The lowest BCUT2D eigenvalue weighted by Crippen LogP contribution is -2.18. The molecule has 0 saturated heterocycles. The average Bonchev–Trinajstić information content (AvgIpc) is 2.20. The molecule has 90 valence electrons. The van der Waals surface area contributed by atoms with Crippen molar-refractivity contribution in [1.82, 2.24) is 0 Å². The predicted molar refractivity (Wildman–Crippen MR) is 66.2 cm³/mol. The maximum Gasteiger partial charge on any atom is 0.122 e. The van der Waals surface area contributed by atoms with E-state index in [0.29, 0.717) is 18.2 Å². The molecule has 1 unspecified atom stereocenters. The second kappa shape index (κ2) is 6.74. The van der Waals surface area contributed by atoms with Gasteiger partial charge < -0.3 is 15.2 Å². The van der Waals surface area contributed by atoms with Crippen LogP contribution in [0.4, 0.5) is 0 Å². The molecule has 2 N–H and O–H groups in total. The van der Waals surface area contributed by atoms with Gasteiger partial charge in [-0.1, -0.05) is 11.6 Å². The van der Waals surface area contributed by atoms with Gasteiger partial charge in [-0.15, -0.1) is 0 Å². The number of hydrogen-bond donors (Lipinski definition) is 1. The van der Waals surface area contributed by atoms with Crippen LogP contribution in [0.25, 0.3) is 0 Å². The Kier molecular flexibility index (Phi) is 5.60. The molecule has 0 bridgehead atoms. The molecule has 0 aliphatic heterocycles. The van der Waals surface area contributed by atoms with Gasteiger partial charge in [0.25, 0.3) is 0 Å². The fourth-order valence-corrected chi connectivity index (χ4v) is 1.62. The van der Waals surface area contributed by atoms with Crippen LogP contribution in [0.15, 0.2) is 18.2 Å². The van der Waals surface area contributed by atoms with Crippen LogP contribution in [0.2, 0.25) is 5.02 Å². The second-order valence-corrected chi connectivity index (χ2v) is 4.21. The molecule has 1 atom stereocenters. The first-order valence-electron chi connectivity index (χ1n) is 5.29. The minimum atomic E-state index is 0.0863. The van der Waals surface area contributed by atoms with Gasteiger partial charge in [-0.2, -0.15) is 0 Å². The third kappa shape index (κ3) is 4.39. The highest BCUT2D eigenvalue weighted by Crippen LogP contribution is 2.24. The molecule has 1 rings (SSSR count). The Bertz CT molecular complexity index is 329. The van der Waals surface area contributed by atoms with Crippen molar-refractivity contribution >= 4 is 11.6 Å². The van der Waals surface area contributed by atoms with Crippen molar-refractivity contribution in [2.24, 2.45) is 5.73 Å². The van der Waals surface area contributed by atoms with Gasteiger partial charge in [-0.05, 0) is 37.1 Å². The third-order valence-electron chi connectivity index (χ3n) is 2.11. The van der Waals surface area contributed by atoms with Crippen molar-refractivity contribution in [3.05, 3.63) is 28.8 Å². The maximum atomic E-state index is 5.94. The predicted octanol–water partition coefficient (Wildman–Crippen LogP) is 2.25. The van der Waals surface area contributed by atoms with Crippen LogP contribution in [0, 0.1) is 0 Å². The third-order valence-corrected chi connectivity index (χ3v) is 2.34. The molecule has 0 amide bonds. The zero-order valence-corrected chi connectivity index (χ0v) is 10.5. The largest absolute Gasteiger partial charge is 0.491 e. The highest BCUT2D eigenvalue weighted by atomic mass is 35.5. The maximum absolute atomic E-state index is 5.94. The first kappa shape index (κ1) is 13.3. The van der Waals surface area contributed by atoms with Crippen molar-refractivity contribution in [2.45, 2.75) is 19.4 Å². The summed E-state index contributed by atoms with van der Waals surface area (Å²) in [7, 11) is 1.65. The Morgan fingerprint density at radius 2 is 2.12 bits per heavy atom. The minimum absolute atomic E-state index is 0.0863. The molecule has 0 saturated carbocycles. The summed E-state index contributed by atoms with van der Waals surface area (Å²) < 4.78 is 10.5. The van der Waals surface area contributed by atoms with Crippen molar-refractivity contribution in [1.29, 1.82) is 0 Å². The number of hydrogen-bond acceptors (Lipinski definition) is 3. The quantitative estimate of drug-likeness (QED) is 0.780. The van der Waals surface area contributed by atoms with Crippen LogP contribution in [0.5, 0.6) is 5.75 Å². The molecular weight excluding hydrogens is 226 g/mol. The molecular formula is C12H18ClNO2. The number of benzene rings is 1. The summed E-state index contributed by atoms with van der Waals surface area (Å²) in [5.41, 5.74) is 6.82. The smallest absolute Gasteiger partial charge is 0.122 e. The highest BCUT2D eigenvalue weighted by Gasteiger charge is 2.07. The van der Waals surface area contributed by atoms with Crippen molar-refractivity contribution in [2.75, 3.05) is 20.3 Å². The van der Waals surface area contributed by atoms with E-state index in [-0.39, 0.29) is 6.04 Å². The lowest BCUT2D eigenvalue weighted by molar-refractivity contribution is 0.145. The fourth-order valence-electron chi connectivity index (χ4n) is 1.43. The Balaban J connectivity index is 2.72. The van der Waals surface area contributed by atoms with E-state index in [1.807, 2.05) is 25.1 Å². The number of rotatable bonds is 6. The lowest BCUT2D eigenvalue weighted by Gasteiger charge is -2.13. The van der Waals surface area contributed by atoms with E-state index in [9.17, 15) is 0 Å². The zero-order chi connectivity index (χ0) is 12.0. The average molecular weight is 244 g/mol. The lowest BCUT2D eigenvalue weighted by atomic mass is 10.1. The SMILES string of the molecule is COCCOc1ccc(Cl)cc1CC(C)N. The second-order valence-electron chi connectivity index (χ2n) is 3.77. The van der Waals surface area contributed by atoms with Gasteiger partial charge in [0.05, 0.1) is 6.61 Å². The van der Waals surface area contributed by atoms with E-state index >= 15 is 0 Å². The number of methoxy groups -OCH3 is 1. The van der Waals surface area contributed by atoms with E-state index in [1.165, 1.54) is 0 Å².